The van der Waals surface area contributed by atoms with Crippen LogP contribution in [0.3, 0.4) is 0 Å². The first-order valence-electron chi connectivity index (χ1n) is 12.3. The van der Waals surface area contributed by atoms with E-state index in [1.807, 2.05) is 0 Å². The number of carbonyl (C=O) groups excluding carboxylic acids is 1. The van der Waals surface area contributed by atoms with Gasteiger partial charge in [-0.1, -0.05) is 35.9 Å². The molecule has 0 aliphatic carbocycles. The summed E-state index contributed by atoms with van der Waals surface area (Å²) < 4.78 is 27.5. The van der Waals surface area contributed by atoms with Gasteiger partial charge in [-0.3, -0.25) is 4.79 Å². The van der Waals surface area contributed by atoms with Gasteiger partial charge < -0.3 is 21.5 Å². The van der Waals surface area contributed by atoms with Crippen molar-refractivity contribution in [2.24, 2.45) is 16.5 Å². The Morgan fingerprint density at radius 1 is 1.00 bits per heavy atom. The molecule has 0 saturated carbocycles. The van der Waals surface area contributed by atoms with Crippen molar-refractivity contribution in [3.05, 3.63) is 105 Å². The second-order valence-electron chi connectivity index (χ2n) is 9.22. The van der Waals surface area contributed by atoms with Gasteiger partial charge in [-0.15, -0.1) is 0 Å². The summed E-state index contributed by atoms with van der Waals surface area (Å²) in [5.41, 5.74) is 13.2. The van der Waals surface area contributed by atoms with E-state index in [1.165, 1.54) is 22.5 Å². The number of halogens is 1. The van der Waals surface area contributed by atoms with Crippen LogP contribution in [0, 0.1) is 0 Å². The summed E-state index contributed by atoms with van der Waals surface area (Å²) in [6, 6.07) is 19.0. The average molecular weight is 582 g/mol. The highest BCUT2D eigenvalue weighted by atomic mass is 35.5. The lowest BCUT2D eigenvalue weighted by Crippen LogP contribution is -2.42. The molecule has 1 unspecified atom stereocenters. The van der Waals surface area contributed by atoms with E-state index in [4.69, 9.17) is 23.1 Å². The van der Waals surface area contributed by atoms with Gasteiger partial charge in [0.25, 0.3) is 5.91 Å². The number of nitrogens with two attached hydrogens (primary N) is 2. The van der Waals surface area contributed by atoms with Crippen LogP contribution in [0.5, 0.6) is 0 Å². The molecule has 0 bridgehead atoms. The molecular weight excluding hydrogens is 554 g/mol. The molecule has 208 valence electrons. The highest BCUT2D eigenvalue weighted by Crippen LogP contribution is 2.25. The fourth-order valence-corrected chi connectivity index (χ4v) is 5.70. The molecule has 3 aromatic carbocycles. The summed E-state index contributed by atoms with van der Waals surface area (Å²) >= 11 is 5.90. The van der Waals surface area contributed by atoms with E-state index in [2.05, 4.69) is 4.99 Å². The van der Waals surface area contributed by atoms with Crippen molar-refractivity contribution < 1.29 is 23.1 Å². The lowest BCUT2D eigenvalue weighted by atomic mass is 10.1. The van der Waals surface area contributed by atoms with E-state index in [9.17, 15) is 23.1 Å². The summed E-state index contributed by atoms with van der Waals surface area (Å²) in [4.78, 5) is 30.5. The quantitative estimate of drug-likeness (QED) is 0.257. The normalized spacial score (nSPS) is 15.7. The Kier molecular flexibility index (Phi) is 8.88. The van der Waals surface area contributed by atoms with E-state index in [-0.39, 0.29) is 37.1 Å². The Morgan fingerprint density at radius 2 is 1.62 bits per heavy atom. The average Bonchev–Trinajstić information content (AvgIpc) is 3.43. The number of carboxylic acid groups (broad SMARTS) is 1. The molecule has 10 nitrogen and oxygen atoms in total. The van der Waals surface area contributed by atoms with Crippen molar-refractivity contribution in [2.75, 3.05) is 13.1 Å². The van der Waals surface area contributed by atoms with Crippen LogP contribution in [0.1, 0.15) is 38.3 Å². The van der Waals surface area contributed by atoms with Gasteiger partial charge in [0.05, 0.1) is 11.3 Å². The minimum absolute atomic E-state index is 0.108. The van der Waals surface area contributed by atoms with E-state index in [0.717, 1.165) is 5.41 Å². The number of amides is 1. The van der Waals surface area contributed by atoms with Crippen molar-refractivity contribution in [1.29, 1.82) is 0 Å². The first-order valence-corrected chi connectivity index (χ1v) is 14.2. The third-order valence-corrected chi connectivity index (χ3v) is 8.20. The number of aromatic carboxylic acids is 1. The van der Waals surface area contributed by atoms with Gasteiger partial charge in [0.1, 0.15) is 0 Å². The van der Waals surface area contributed by atoms with Crippen LogP contribution in [0.15, 0.2) is 83.2 Å². The zero-order chi connectivity index (χ0) is 28.9. The third kappa shape index (κ3) is 7.26. The van der Waals surface area contributed by atoms with E-state index >= 15 is 0 Å². The first-order chi connectivity index (χ1) is 19.0. The molecular formula is C28H28ClN5O5S. The van der Waals surface area contributed by atoms with Crippen LogP contribution in [0.2, 0.25) is 5.02 Å². The number of nitrogens with zero attached hydrogens (tertiary/aromatic N) is 3. The molecule has 1 atom stereocenters. The molecule has 1 aliphatic rings. The minimum atomic E-state index is -3.75. The van der Waals surface area contributed by atoms with Gasteiger partial charge in [-0.2, -0.15) is 4.31 Å². The Labute approximate surface area is 237 Å². The van der Waals surface area contributed by atoms with Crippen molar-refractivity contribution >= 4 is 51.2 Å². The smallest absolute Gasteiger partial charge is 0.335 e. The molecule has 1 heterocycles. The maximum atomic E-state index is 13.7. The number of rotatable bonds is 9. The Morgan fingerprint density at radius 3 is 2.23 bits per heavy atom. The van der Waals surface area contributed by atoms with E-state index in [0.29, 0.717) is 33.8 Å². The Balaban J connectivity index is 1.57. The predicted octanol–water partition coefficient (Wildman–Crippen LogP) is 3.66. The van der Waals surface area contributed by atoms with Crippen molar-refractivity contribution in [3.8, 4) is 0 Å². The standard InChI is InChI=1S/C28H28ClN5O5S/c29-23-9-3-19(4-10-23)14-16-40(38,39)33-15-13-25(18-33)34(17-20-1-5-22(6-2-20)27(36)37)26(35)21-7-11-24(12-8-21)32-28(30)31/h1-12,14,16,25H,13,15,17-18H2,(H,36,37)(H4,30,31,32)/b16-14+. The minimum Gasteiger partial charge on any atom is -0.478 e. The summed E-state index contributed by atoms with van der Waals surface area (Å²) in [5.74, 6) is -1.47. The van der Waals surface area contributed by atoms with Crippen LogP contribution in [-0.2, 0) is 16.6 Å². The second-order valence-corrected chi connectivity index (χ2v) is 11.5. The van der Waals surface area contributed by atoms with Crippen LogP contribution < -0.4 is 11.5 Å². The predicted molar refractivity (Wildman–Crippen MR) is 155 cm³/mol. The van der Waals surface area contributed by atoms with E-state index in [1.54, 1.807) is 65.6 Å². The number of carboxylic acids is 1. The molecule has 1 amide bonds. The molecule has 1 fully saturated rings. The highest BCUT2D eigenvalue weighted by Gasteiger charge is 2.35. The maximum Gasteiger partial charge on any atom is 0.335 e. The number of carbonyl (C=O) groups is 2. The number of aliphatic imine (C=N–C) groups is 1. The zero-order valence-electron chi connectivity index (χ0n) is 21.4. The number of benzene rings is 3. The van der Waals surface area contributed by atoms with Crippen LogP contribution in [0.4, 0.5) is 5.69 Å². The Hall–Kier alpha value is -4.19. The van der Waals surface area contributed by atoms with Gasteiger partial charge in [0, 0.05) is 41.7 Å². The first kappa shape index (κ1) is 28.8. The molecule has 40 heavy (non-hydrogen) atoms. The summed E-state index contributed by atoms with van der Waals surface area (Å²) in [7, 11) is -3.75. The highest BCUT2D eigenvalue weighted by molar-refractivity contribution is 7.92. The topological polar surface area (TPSA) is 159 Å². The third-order valence-electron chi connectivity index (χ3n) is 6.42. The molecule has 0 spiro atoms. The molecule has 1 aliphatic heterocycles. The zero-order valence-corrected chi connectivity index (χ0v) is 22.9. The number of sulfonamides is 1. The van der Waals surface area contributed by atoms with Crippen LogP contribution >= 0.6 is 11.6 Å². The van der Waals surface area contributed by atoms with E-state index < -0.39 is 22.0 Å². The molecule has 1 saturated heterocycles. The van der Waals surface area contributed by atoms with Gasteiger partial charge >= 0.3 is 5.97 Å². The summed E-state index contributed by atoms with van der Waals surface area (Å²) in [6.45, 7) is 0.509. The lowest BCUT2D eigenvalue weighted by molar-refractivity contribution is 0.0666. The van der Waals surface area contributed by atoms with Crippen LogP contribution in [0.25, 0.3) is 6.08 Å². The fourth-order valence-electron chi connectivity index (χ4n) is 4.33. The molecule has 4 rings (SSSR count). The van der Waals surface area contributed by atoms with Gasteiger partial charge in [-0.05, 0) is 72.2 Å². The summed E-state index contributed by atoms with van der Waals surface area (Å²) in [5, 5.41) is 10.9. The van der Waals surface area contributed by atoms with Crippen molar-refractivity contribution in [2.45, 2.75) is 19.0 Å². The fraction of sp³-hybridized carbons (Fsp3) is 0.179. The summed E-state index contributed by atoms with van der Waals surface area (Å²) in [6.07, 6.45) is 1.93. The van der Waals surface area contributed by atoms with Crippen molar-refractivity contribution in [1.82, 2.24) is 9.21 Å². The number of guanidine groups is 1. The molecule has 3 aromatic rings. The maximum absolute atomic E-state index is 13.7. The molecule has 0 radical (unpaired) electrons. The Bertz CT molecular complexity index is 1540. The van der Waals surface area contributed by atoms with Gasteiger partial charge in [0.15, 0.2) is 5.96 Å². The second kappa shape index (κ2) is 12.3. The van der Waals surface area contributed by atoms with Gasteiger partial charge in [-0.25, -0.2) is 18.2 Å². The number of hydrogen-bond donors (Lipinski definition) is 3. The molecule has 0 aromatic heterocycles. The van der Waals surface area contributed by atoms with Crippen molar-refractivity contribution in [3.63, 3.8) is 0 Å². The number of hydrogen-bond acceptors (Lipinski definition) is 5. The largest absolute Gasteiger partial charge is 0.478 e. The molecule has 5 N–H and O–H groups in total. The lowest BCUT2D eigenvalue weighted by Gasteiger charge is -2.29. The molecule has 12 heteroatoms. The van der Waals surface area contributed by atoms with Crippen LogP contribution in [-0.4, -0.2) is 59.7 Å². The van der Waals surface area contributed by atoms with Gasteiger partial charge in [0.2, 0.25) is 10.0 Å². The monoisotopic (exact) mass is 581 g/mol. The SMILES string of the molecule is NC(N)=Nc1ccc(C(=O)N(Cc2ccc(C(=O)O)cc2)C2CCN(S(=O)(=O)/C=C/c3ccc(Cl)cc3)C2)cc1.